The summed E-state index contributed by atoms with van der Waals surface area (Å²) in [5, 5.41) is 28.3. The first-order chi connectivity index (χ1) is 24.4. The number of aliphatic hydroxyl groups excluding tert-OH is 1. The molecule has 3 heterocycles. The minimum absolute atomic E-state index is 0.0525. The zero-order valence-corrected chi connectivity index (χ0v) is 30.4. The van der Waals surface area contributed by atoms with E-state index in [-0.39, 0.29) is 49.6 Å². The summed E-state index contributed by atoms with van der Waals surface area (Å²) in [5.41, 5.74) is 0.783. The van der Waals surface area contributed by atoms with Crippen LogP contribution in [0, 0.1) is 12.8 Å². The van der Waals surface area contributed by atoms with Gasteiger partial charge in [-0.05, 0) is 69.6 Å². The zero-order chi connectivity index (χ0) is 37.3. The van der Waals surface area contributed by atoms with Crippen LogP contribution < -0.4 is 30.7 Å². The van der Waals surface area contributed by atoms with Gasteiger partial charge in [-0.15, -0.1) is 0 Å². The number of aromatic amines is 1. The molecule has 0 spiro atoms. The number of aryl methyl sites for hydroxylation is 3. The quantitative estimate of drug-likeness (QED) is 0.221. The van der Waals surface area contributed by atoms with Gasteiger partial charge in [0.25, 0.3) is 5.91 Å². The van der Waals surface area contributed by atoms with Crippen molar-refractivity contribution >= 4 is 29.5 Å². The predicted molar refractivity (Wildman–Crippen MR) is 188 cm³/mol. The van der Waals surface area contributed by atoms with Gasteiger partial charge in [0.1, 0.15) is 17.9 Å². The van der Waals surface area contributed by atoms with Gasteiger partial charge in [-0.2, -0.15) is 5.10 Å². The predicted octanol–water partition coefficient (Wildman–Crippen LogP) is 0.707. The van der Waals surface area contributed by atoms with Gasteiger partial charge in [0.15, 0.2) is 23.9 Å². The number of aromatic nitrogens is 3. The van der Waals surface area contributed by atoms with Crippen molar-refractivity contribution < 1.29 is 38.6 Å². The first-order valence-corrected chi connectivity index (χ1v) is 17.6. The Balaban J connectivity index is 1.75. The molecular formula is C35H54N8O8. The Bertz CT molecular complexity index is 1460. The fourth-order valence-electron chi connectivity index (χ4n) is 5.55. The highest BCUT2D eigenvalue weighted by molar-refractivity contribution is 5.92. The monoisotopic (exact) mass is 714 g/mol. The third kappa shape index (κ3) is 14.2. The molecule has 1 aromatic heterocycles. The maximum Gasteiger partial charge on any atom is 0.257 e. The van der Waals surface area contributed by atoms with Crippen molar-refractivity contribution in [1.29, 1.82) is 0 Å². The molecule has 4 rings (SSSR count). The average molecular weight is 715 g/mol. The Kier molecular flexibility index (Phi) is 16.6. The second-order valence-corrected chi connectivity index (χ2v) is 13.2. The molecule has 0 unspecified atom stereocenters. The van der Waals surface area contributed by atoms with Gasteiger partial charge in [-0.25, -0.2) is 4.98 Å². The van der Waals surface area contributed by atoms with Crippen LogP contribution in [-0.4, -0.2) is 113 Å². The van der Waals surface area contributed by atoms with Gasteiger partial charge in [-0.1, -0.05) is 19.9 Å². The number of ether oxygens (including phenoxy) is 2. The number of carbonyl (C=O) groups excluding carboxylic acids is 5. The second-order valence-electron chi connectivity index (χ2n) is 13.2. The smallest absolute Gasteiger partial charge is 0.257 e. The lowest BCUT2D eigenvalue weighted by atomic mass is 10.0. The lowest BCUT2D eigenvalue weighted by Crippen LogP contribution is -2.57. The molecule has 51 heavy (non-hydrogen) atoms. The molecule has 2 aromatic rings. The van der Waals surface area contributed by atoms with Crippen LogP contribution in [0.15, 0.2) is 18.2 Å². The SMILES string of the molecule is COc1cc2ccc1OCC(=O)NCCCN(C(=O)CCc1n[nH]c(C)n1)CCCCNC(=O)[C@H]([C@@H](C)O)NC(=O)[C@@H](CC(C)C)NC(=O)CC2. The maximum atomic E-state index is 13.3. The third-order valence-corrected chi connectivity index (χ3v) is 8.29. The first kappa shape index (κ1) is 40.7. The Hall–Kier alpha value is -4.73. The molecule has 0 aliphatic carbocycles. The molecule has 0 saturated carbocycles. The molecule has 2 aliphatic heterocycles. The van der Waals surface area contributed by atoms with E-state index in [1.165, 1.54) is 14.0 Å². The number of carbonyl (C=O) groups is 5. The summed E-state index contributed by atoms with van der Waals surface area (Å²) in [7, 11) is 1.48. The summed E-state index contributed by atoms with van der Waals surface area (Å²) < 4.78 is 11.2. The molecule has 2 bridgehead atoms. The Morgan fingerprint density at radius 3 is 2.43 bits per heavy atom. The van der Waals surface area contributed by atoms with E-state index in [1.807, 2.05) is 13.8 Å². The number of rotatable bonds is 7. The van der Waals surface area contributed by atoms with Gasteiger partial charge in [0, 0.05) is 45.4 Å². The van der Waals surface area contributed by atoms with E-state index >= 15 is 0 Å². The largest absolute Gasteiger partial charge is 0.493 e. The van der Waals surface area contributed by atoms with E-state index in [0.29, 0.717) is 81.3 Å². The summed E-state index contributed by atoms with van der Waals surface area (Å²) in [6.07, 6.45) is 1.75. The summed E-state index contributed by atoms with van der Waals surface area (Å²) in [6, 6.07) is 3.01. The standard InChI is InChI=1S/C35H54N8O8/c1-22(2)19-26-34(48)40-33(23(3)44)35(49)37-15-6-7-17-43(32(47)14-12-29-38-24(4)41-42-29)18-8-16-36-31(46)21-51-27-11-9-25(20-28(27)50-5)10-13-30(45)39-26/h9,11,20,22-23,26,33,44H,6-8,10,12-19,21H2,1-5H3,(H,36,46)(H,37,49)(H,39,45)(H,40,48)(H,38,41,42)/t23-,26-,33+/m1/s1. The lowest BCUT2D eigenvalue weighted by molar-refractivity contribution is -0.134. The molecule has 0 saturated heterocycles. The van der Waals surface area contributed by atoms with Crippen LogP contribution in [0.4, 0.5) is 0 Å². The topological polar surface area (TPSA) is 217 Å². The molecule has 2 aliphatic rings. The molecule has 3 atom stereocenters. The van der Waals surface area contributed by atoms with Crippen LogP contribution in [0.5, 0.6) is 11.5 Å². The van der Waals surface area contributed by atoms with E-state index < -0.39 is 30.0 Å². The minimum atomic E-state index is -1.23. The fraction of sp³-hybridized carbons (Fsp3) is 0.629. The van der Waals surface area contributed by atoms with E-state index in [4.69, 9.17) is 9.47 Å². The molecule has 5 amide bonds. The van der Waals surface area contributed by atoms with Crippen molar-refractivity contribution in [2.75, 3.05) is 39.9 Å². The van der Waals surface area contributed by atoms with Gasteiger partial charge in [-0.3, -0.25) is 29.1 Å². The number of aliphatic hydroxyl groups is 1. The van der Waals surface area contributed by atoms with E-state index in [9.17, 15) is 29.1 Å². The minimum Gasteiger partial charge on any atom is -0.493 e. The van der Waals surface area contributed by atoms with Crippen molar-refractivity contribution in [2.24, 2.45) is 5.92 Å². The lowest BCUT2D eigenvalue weighted by Gasteiger charge is -2.26. The number of H-pyrrole nitrogens is 1. The van der Waals surface area contributed by atoms with Crippen LogP contribution in [0.1, 0.15) is 76.5 Å². The van der Waals surface area contributed by atoms with Crippen molar-refractivity contribution in [3.05, 3.63) is 35.4 Å². The van der Waals surface area contributed by atoms with Crippen LogP contribution in [0.2, 0.25) is 0 Å². The number of nitrogens with one attached hydrogen (secondary N) is 5. The molecule has 282 valence electrons. The number of benzene rings is 1. The second kappa shape index (κ2) is 20.8. The highest BCUT2D eigenvalue weighted by Gasteiger charge is 2.30. The van der Waals surface area contributed by atoms with Crippen LogP contribution in [0.25, 0.3) is 0 Å². The highest BCUT2D eigenvalue weighted by Crippen LogP contribution is 2.28. The molecule has 1 aromatic carbocycles. The molecule has 6 N–H and O–H groups in total. The third-order valence-electron chi connectivity index (χ3n) is 8.29. The summed E-state index contributed by atoms with van der Waals surface area (Å²) in [6.45, 7) is 8.19. The number of hydrogen-bond donors (Lipinski definition) is 6. The first-order valence-electron chi connectivity index (χ1n) is 17.6. The number of amides is 5. The molecule has 16 nitrogen and oxygen atoms in total. The van der Waals surface area contributed by atoms with E-state index in [0.717, 1.165) is 5.56 Å². The van der Waals surface area contributed by atoms with Crippen LogP contribution in [-0.2, 0) is 36.8 Å². The molecule has 0 fully saturated rings. The number of nitrogens with zero attached hydrogens (tertiary/aromatic N) is 3. The Labute approximate surface area is 299 Å². The van der Waals surface area contributed by atoms with Gasteiger partial charge < -0.3 is 40.7 Å². The average Bonchev–Trinajstić information content (AvgIpc) is 3.51. The van der Waals surface area contributed by atoms with Crippen molar-refractivity contribution in [1.82, 2.24) is 41.3 Å². The fourth-order valence-corrected chi connectivity index (χ4v) is 5.55. The zero-order valence-electron chi connectivity index (χ0n) is 30.4. The van der Waals surface area contributed by atoms with Crippen molar-refractivity contribution in [3.63, 3.8) is 0 Å². The van der Waals surface area contributed by atoms with Gasteiger partial charge in [0.2, 0.25) is 23.6 Å². The number of methoxy groups -OCH3 is 1. The summed E-state index contributed by atoms with van der Waals surface area (Å²) in [5.74, 6) is 0.146. The van der Waals surface area contributed by atoms with Crippen molar-refractivity contribution in [2.45, 2.75) is 97.2 Å². The summed E-state index contributed by atoms with van der Waals surface area (Å²) in [4.78, 5) is 71.2. The molecule has 0 radical (unpaired) electrons. The van der Waals surface area contributed by atoms with E-state index in [1.54, 1.807) is 30.0 Å². The highest BCUT2D eigenvalue weighted by atomic mass is 16.5. The van der Waals surface area contributed by atoms with Crippen LogP contribution in [0.3, 0.4) is 0 Å². The van der Waals surface area contributed by atoms with Gasteiger partial charge >= 0.3 is 0 Å². The number of fused-ring (bicyclic) bond motifs is 23. The number of hydrogen-bond acceptors (Lipinski definition) is 10. The van der Waals surface area contributed by atoms with Crippen molar-refractivity contribution in [3.8, 4) is 11.5 Å². The Morgan fingerprint density at radius 1 is 1.00 bits per heavy atom. The van der Waals surface area contributed by atoms with Gasteiger partial charge in [0.05, 0.1) is 13.2 Å². The summed E-state index contributed by atoms with van der Waals surface area (Å²) >= 11 is 0. The normalized spacial score (nSPS) is 20.1. The van der Waals surface area contributed by atoms with Crippen LogP contribution >= 0.6 is 0 Å². The molecule has 16 heteroatoms. The maximum absolute atomic E-state index is 13.3. The molecular weight excluding hydrogens is 660 g/mol. The Morgan fingerprint density at radius 2 is 1.75 bits per heavy atom. The van der Waals surface area contributed by atoms with E-state index in [2.05, 4.69) is 36.4 Å².